The first-order chi connectivity index (χ1) is 10.0. The molecule has 110 valence electrons. The van der Waals surface area contributed by atoms with E-state index in [1.165, 1.54) is 16.7 Å². The molecule has 0 aliphatic rings. The molecule has 0 spiro atoms. The molecule has 0 aliphatic carbocycles. The van der Waals surface area contributed by atoms with Gasteiger partial charge in [0, 0.05) is 4.47 Å². The van der Waals surface area contributed by atoms with Gasteiger partial charge in [-0.1, -0.05) is 42.8 Å². The van der Waals surface area contributed by atoms with Crippen LogP contribution < -0.4 is 5.32 Å². The number of carbonyl (C=O) groups is 1. The average Bonchev–Trinajstić information content (AvgIpc) is 2.45. The molecule has 2 aromatic carbocycles. The highest BCUT2D eigenvalue weighted by atomic mass is 79.9. The lowest BCUT2D eigenvalue weighted by atomic mass is 9.97. The number of nitrogens with one attached hydrogen (secondary N) is 1. The SMILES string of the molecule is CC[C@@H](NC(=O)c1ccccc1Br)c1ccc(C)cc1C. The van der Waals surface area contributed by atoms with Crippen molar-refractivity contribution in [2.45, 2.75) is 33.2 Å². The number of aryl methyl sites for hydroxylation is 2. The highest BCUT2D eigenvalue weighted by molar-refractivity contribution is 9.10. The Morgan fingerprint density at radius 2 is 1.90 bits per heavy atom. The summed E-state index contributed by atoms with van der Waals surface area (Å²) >= 11 is 3.43. The van der Waals surface area contributed by atoms with Gasteiger partial charge in [0.15, 0.2) is 0 Å². The Bertz CT molecular complexity index is 651. The van der Waals surface area contributed by atoms with Crippen LogP contribution in [0.3, 0.4) is 0 Å². The van der Waals surface area contributed by atoms with Gasteiger partial charge in [-0.25, -0.2) is 0 Å². The van der Waals surface area contributed by atoms with E-state index in [-0.39, 0.29) is 11.9 Å². The molecule has 1 atom stereocenters. The van der Waals surface area contributed by atoms with Gasteiger partial charge < -0.3 is 5.32 Å². The monoisotopic (exact) mass is 345 g/mol. The summed E-state index contributed by atoms with van der Waals surface area (Å²) in [5, 5.41) is 3.13. The Balaban J connectivity index is 2.23. The lowest BCUT2D eigenvalue weighted by Crippen LogP contribution is -2.28. The third-order valence-corrected chi connectivity index (χ3v) is 4.32. The molecule has 0 saturated heterocycles. The minimum Gasteiger partial charge on any atom is -0.345 e. The molecule has 0 bridgehead atoms. The predicted molar refractivity (Wildman–Crippen MR) is 90.6 cm³/mol. The fourth-order valence-corrected chi connectivity index (χ4v) is 2.96. The number of benzene rings is 2. The molecule has 2 nitrogen and oxygen atoms in total. The number of halogens is 1. The van der Waals surface area contributed by atoms with Crippen molar-refractivity contribution < 1.29 is 4.79 Å². The maximum absolute atomic E-state index is 12.4. The van der Waals surface area contributed by atoms with Crippen LogP contribution in [0.2, 0.25) is 0 Å². The summed E-state index contributed by atoms with van der Waals surface area (Å²) in [5.74, 6) is -0.0469. The van der Waals surface area contributed by atoms with E-state index >= 15 is 0 Å². The van der Waals surface area contributed by atoms with Crippen LogP contribution in [0.4, 0.5) is 0 Å². The summed E-state index contributed by atoms with van der Waals surface area (Å²) in [6.45, 7) is 6.26. The highest BCUT2D eigenvalue weighted by Crippen LogP contribution is 2.23. The van der Waals surface area contributed by atoms with Crippen LogP contribution in [-0.2, 0) is 0 Å². The Hall–Kier alpha value is -1.61. The number of hydrogen-bond acceptors (Lipinski definition) is 1. The minimum absolute atomic E-state index is 0.0326. The molecule has 0 saturated carbocycles. The highest BCUT2D eigenvalue weighted by Gasteiger charge is 2.17. The molecule has 1 amide bonds. The molecule has 21 heavy (non-hydrogen) atoms. The summed E-state index contributed by atoms with van der Waals surface area (Å²) in [4.78, 5) is 12.4. The second-order valence-electron chi connectivity index (χ2n) is 5.27. The molecule has 2 aromatic rings. The van der Waals surface area contributed by atoms with Gasteiger partial charge in [-0.15, -0.1) is 0 Å². The van der Waals surface area contributed by atoms with Crippen molar-refractivity contribution >= 4 is 21.8 Å². The van der Waals surface area contributed by atoms with E-state index in [1.54, 1.807) is 0 Å². The summed E-state index contributed by atoms with van der Waals surface area (Å²) in [7, 11) is 0. The standard InChI is InChI=1S/C18H20BrNO/c1-4-17(14-10-9-12(2)11-13(14)3)20-18(21)15-7-5-6-8-16(15)19/h5-11,17H,4H2,1-3H3,(H,20,21)/t17-/m1/s1. The van der Waals surface area contributed by atoms with Crippen molar-refractivity contribution in [2.75, 3.05) is 0 Å². The number of rotatable bonds is 4. The molecule has 0 aliphatic heterocycles. The first-order valence-corrected chi connectivity index (χ1v) is 7.94. The molecular weight excluding hydrogens is 326 g/mol. The zero-order valence-corrected chi connectivity index (χ0v) is 14.2. The van der Waals surface area contributed by atoms with Gasteiger partial charge >= 0.3 is 0 Å². The van der Waals surface area contributed by atoms with Crippen LogP contribution in [0.1, 0.15) is 46.4 Å². The number of carbonyl (C=O) groups excluding carboxylic acids is 1. The van der Waals surface area contributed by atoms with Crippen LogP contribution in [0.5, 0.6) is 0 Å². The van der Waals surface area contributed by atoms with Gasteiger partial charge in [0.2, 0.25) is 0 Å². The second-order valence-corrected chi connectivity index (χ2v) is 6.13. The van der Waals surface area contributed by atoms with E-state index in [1.807, 2.05) is 24.3 Å². The van der Waals surface area contributed by atoms with E-state index < -0.39 is 0 Å². The van der Waals surface area contributed by atoms with E-state index in [9.17, 15) is 4.79 Å². The normalized spacial score (nSPS) is 12.0. The largest absolute Gasteiger partial charge is 0.345 e. The Labute approximate surface area is 134 Å². The zero-order valence-electron chi connectivity index (χ0n) is 12.6. The van der Waals surface area contributed by atoms with Crippen LogP contribution >= 0.6 is 15.9 Å². The lowest BCUT2D eigenvalue weighted by molar-refractivity contribution is 0.0934. The average molecular weight is 346 g/mol. The third-order valence-electron chi connectivity index (χ3n) is 3.63. The van der Waals surface area contributed by atoms with Crippen molar-refractivity contribution in [1.29, 1.82) is 0 Å². The maximum Gasteiger partial charge on any atom is 0.252 e. The smallest absolute Gasteiger partial charge is 0.252 e. The van der Waals surface area contributed by atoms with Crippen molar-refractivity contribution in [3.63, 3.8) is 0 Å². The van der Waals surface area contributed by atoms with Crippen LogP contribution in [-0.4, -0.2) is 5.91 Å². The first kappa shape index (κ1) is 15.8. The summed E-state index contributed by atoms with van der Waals surface area (Å²) in [6, 6.07) is 13.9. The van der Waals surface area contributed by atoms with Gasteiger partial charge in [-0.3, -0.25) is 4.79 Å². The fourth-order valence-electron chi connectivity index (χ4n) is 2.50. The molecule has 3 heteroatoms. The summed E-state index contributed by atoms with van der Waals surface area (Å²) in [6.07, 6.45) is 0.861. The Kier molecular flexibility index (Phi) is 5.18. The van der Waals surface area contributed by atoms with Crippen molar-refractivity contribution in [3.8, 4) is 0 Å². The molecule has 2 rings (SSSR count). The van der Waals surface area contributed by atoms with Gasteiger partial charge in [0.05, 0.1) is 11.6 Å². The fraction of sp³-hybridized carbons (Fsp3) is 0.278. The first-order valence-electron chi connectivity index (χ1n) is 7.15. The van der Waals surface area contributed by atoms with Crippen molar-refractivity contribution in [3.05, 3.63) is 69.2 Å². The lowest BCUT2D eigenvalue weighted by Gasteiger charge is -2.20. The van der Waals surface area contributed by atoms with Gasteiger partial charge in [0.1, 0.15) is 0 Å². The molecule has 1 N–H and O–H groups in total. The topological polar surface area (TPSA) is 29.1 Å². The molecular formula is C18H20BrNO. The zero-order chi connectivity index (χ0) is 15.4. The summed E-state index contributed by atoms with van der Waals surface area (Å²) < 4.78 is 0.818. The Morgan fingerprint density at radius 3 is 2.52 bits per heavy atom. The molecule has 0 radical (unpaired) electrons. The van der Waals surface area contributed by atoms with E-state index in [4.69, 9.17) is 0 Å². The quantitative estimate of drug-likeness (QED) is 0.834. The molecule has 0 heterocycles. The van der Waals surface area contributed by atoms with Crippen molar-refractivity contribution in [1.82, 2.24) is 5.32 Å². The van der Waals surface area contributed by atoms with E-state index in [0.29, 0.717) is 5.56 Å². The summed E-state index contributed by atoms with van der Waals surface area (Å²) in [5.41, 5.74) is 4.31. The number of hydrogen-bond donors (Lipinski definition) is 1. The minimum atomic E-state index is -0.0469. The predicted octanol–water partition coefficient (Wildman–Crippen LogP) is 4.95. The molecule has 0 fully saturated rings. The second kappa shape index (κ2) is 6.90. The van der Waals surface area contributed by atoms with Gasteiger partial charge in [0.25, 0.3) is 5.91 Å². The maximum atomic E-state index is 12.4. The van der Waals surface area contributed by atoms with E-state index in [0.717, 1.165) is 10.9 Å². The molecule has 0 unspecified atom stereocenters. The van der Waals surface area contributed by atoms with Crippen LogP contribution in [0, 0.1) is 13.8 Å². The van der Waals surface area contributed by atoms with Crippen molar-refractivity contribution in [2.24, 2.45) is 0 Å². The van der Waals surface area contributed by atoms with E-state index in [2.05, 4.69) is 60.2 Å². The Morgan fingerprint density at radius 1 is 1.19 bits per heavy atom. The van der Waals surface area contributed by atoms with Crippen LogP contribution in [0.15, 0.2) is 46.9 Å². The number of amides is 1. The van der Waals surface area contributed by atoms with Gasteiger partial charge in [-0.05, 0) is 59.5 Å². The van der Waals surface area contributed by atoms with Gasteiger partial charge in [-0.2, -0.15) is 0 Å². The van der Waals surface area contributed by atoms with Crippen LogP contribution in [0.25, 0.3) is 0 Å². The third kappa shape index (κ3) is 3.73. The molecule has 0 aromatic heterocycles.